The third-order valence-electron chi connectivity index (χ3n) is 5.56. The van der Waals surface area contributed by atoms with Gasteiger partial charge >= 0.3 is 11.9 Å². The summed E-state index contributed by atoms with van der Waals surface area (Å²) in [7, 11) is 3.03. The average molecular weight is 550 g/mol. The van der Waals surface area contributed by atoms with E-state index in [1.54, 1.807) is 51.5 Å². The van der Waals surface area contributed by atoms with Gasteiger partial charge in [0, 0.05) is 31.7 Å². The van der Waals surface area contributed by atoms with E-state index in [1.807, 2.05) is 0 Å². The van der Waals surface area contributed by atoms with Crippen LogP contribution in [0.25, 0.3) is 0 Å². The van der Waals surface area contributed by atoms with Crippen LogP contribution in [-0.4, -0.2) is 62.4 Å². The summed E-state index contributed by atoms with van der Waals surface area (Å²) in [6.45, 7) is 4.31. The second-order valence-corrected chi connectivity index (χ2v) is 8.61. The number of allylic oxidation sites excluding steroid dienone is 1. The van der Waals surface area contributed by atoms with Gasteiger partial charge in [-0.1, -0.05) is 35.3 Å². The minimum Gasteiger partial charge on any atom is -0.466 e. The van der Waals surface area contributed by atoms with Gasteiger partial charge in [-0.05, 0) is 25.5 Å². The lowest BCUT2D eigenvalue weighted by Gasteiger charge is -2.31. The van der Waals surface area contributed by atoms with Crippen molar-refractivity contribution < 1.29 is 23.8 Å². The molecule has 0 bridgehead atoms. The number of ether oxygens (including phenoxy) is 3. The SMILES string of the molecule is CCOC(=O)C1=C(COCCNc2nccnc2NC)NC(C)=C(C(=O)OC)C1c1cccc(Cl)c1Cl. The zero-order chi connectivity index (χ0) is 26.9. The number of benzene rings is 1. The first-order valence-corrected chi connectivity index (χ1v) is 12.3. The van der Waals surface area contributed by atoms with Gasteiger partial charge in [0.25, 0.3) is 0 Å². The normalized spacial score (nSPS) is 15.2. The first-order chi connectivity index (χ1) is 17.8. The Bertz CT molecular complexity index is 1220. The molecule has 1 aliphatic heterocycles. The third-order valence-corrected chi connectivity index (χ3v) is 6.39. The van der Waals surface area contributed by atoms with E-state index in [9.17, 15) is 9.59 Å². The van der Waals surface area contributed by atoms with Gasteiger partial charge in [0.15, 0.2) is 11.6 Å². The standard InChI is InChI=1S/C25H29Cl2N5O5/c1-5-37-25(34)20-17(13-36-12-11-31-23-22(28-3)29-9-10-30-23)32-14(2)18(24(33)35-4)19(20)15-7-6-8-16(26)21(15)27/h6-10,19,32H,5,11-13H2,1-4H3,(H,28,29)(H,30,31). The fourth-order valence-corrected chi connectivity index (χ4v) is 4.38. The number of rotatable bonds is 11. The maximum atomic E-state index is 13.2. The Morgan fingerprint density at radius 3 is 2.51 bits per heavy atom. The van der Waals surface area contributed by atoms with Gasteiger partial charge < -0.3 is 30.2 Å². The topological polar surface area (TPSA) is 124 Å². The number of esters is 2. The average Bonchev–Trinajstić information content (AvgIpc) is 2.89. The molecular weight excluding hydrogens is 521 g/mol. The largest absolute Gasteiger partial charge is 0.466 e. The van der Waals surface area contributed by atoms with Crippen LogP contribution in [0.3, 0.4) is 0 Å². The molecule has 0 spiro atoms. The lowest BCUT2D eigenvalue weighted by molar-refractivity contribution is -0.139. The number of aromatic nitrogens is 2. The van der Waals surface area contributed by atoms with Crippen LogP contribution in [0.15, 0.2) is 53.1 Å². The first kappa shape index (κ1) is 28.2. The summed E-state index contributed by atoms with van der Waals surface area (Å²) in [6, 6.07) is 5.04. The molecule has 3 N–H and O–H groups in total. The van der Waals surface area contributed by atoms with E-state index in [0.717, 1.165) is 0 Å². The predicted molar refractivity (Wildman–Crippen MR) is 142 cm³/mol. The van der Waals surface area contributed by atoms with Crippen molar-refractivity contribution >= 4 is 46.8 Å². The number of methoxy groups -OCH3 is 1. The van der Waals surface area contributed by atoms with Crippen LogP contribution in [0.1, 0.15) is 25.3 Å². The highest BCUT2D eigenvalue weighted by atomic mass is 35.5. The van der Waals surface area contributed by atoms with Gasteiger partial charge in [-0.15, -0.1) is 0 Å². The van der Waals surface area contributed by atoms with E-state index >= 15 is 0 Å². The van der Waals surface area contributed by atoms with Crippen molar-refractivity contribution in [3.8, 4) is 0 Å². The maximum Gasteiger partial charge on any atom is 0.336 e. The molecule has 0 radical (unpaired) electrons. The molecule has 0 saturated heterocycles. The Morgan fingerprint density at radius 1 is 1.11 bits per heavy atom. The van der Waals surface area contributed by atoms with Crippen molar-refractivity contribution in [2.75, 3.05) is 51.2 Å². The summed E-state index contributed by atoms with van der Waals surface area (Å²) >= 11 is 12.8. The summed E-state index contributed by atoms with van der Waals surface area (Å²) < 4.78 is 16.3. The van der Waals surface area contributed by atoms with Crippen LogP contribution in [0.2, 0.25) is 10.0 Å². The van der Waals surface area contributed by atoms with Crippen molar-refractivity contribution in [1.82, 2.24) is 15.3 Å². The first-order valence-electron chi connectivity index (χ1n) is 11.5. The zero-order valence-electron chi connectivity index (χ0n) is 21.0. The van der Waals surface area contributed by atoms with Crippen LogP contribution in [-0.2, 0) is 23.8 Å². The molecule has 3 rings (SSSR count). The highest BCUT2D eigenvalue weighted by Gasteiger charge is 2.40. The molecule has 2 heterocycles. The molecular formula is C25H29Cl2N5O5. The third kappa shape index (κ3) is 6.51. The van der Waals surface area contributed by atoms with Crippen LogP contribution >= 0.6 is 23.2 Å². The highest BCUT2D eigenvalue weighted by molar-refractivity contribution is 6.42. The molecule has 1 aromatic heterocycles. The van der Waals surface area contributed by atoms with Crippen molar-refractivity contribution in [3.05, 3.63) is 68.7 Å². The Labute approximate surface area is 225 Å². The Morgan fingerprint density at radius 2 is 1.84 bits per heavy atom. The molecule has 1 aromatic carbocycles. The zero-order valence-corrected chi connectivity index (χ0v) is 22.5. The van der Waals surface area contributed by atoms with Crippen molar-refractivity contribution in [1.29, 1.82) is 0 Å². The molecule has 1 unspecified atom stereocenters. The van der Waals surface area contributed by atoms with E-state index in [0.29, 0.717) is 35.1 Å². The van der Waals surface area contributed by atoms with E-state index in [1.165, 1.54) is 7.11 Å². The summed E-state index contributed by atoms with van der Waals surface area (Å²) in [4.78, 5) is 34.5. The Hall–Kier alpha value is -3.34. The van der Waals surface area contributed by atoms with E-state index < -0.39 is 17.9 Å². The summed E-state index contributed by atoms with van der Waals surface area (Å²) in [5.74, 6) is -0.899. The number of carbonyl (C=O) groups excluding carboxylic acids is 2. The molecule has 1 atom stereocenters. The van der Waals surface area contributed by atoms with Gasteiger partial charge in [-0.25, -0.2) is 19.6 Å². The summed E-state index contributed by atoms with van der Waals surface area (Å²) in [5, 5.41) is 9.76. The van der Waals surface area contributed by atoms with Crippen LogP contribution < -0.4 is 16.0 Å². The Balaban J connectivity index is 1.91. The molecule has 37 heavy (non-hydrogen) atoms. The number of hydrogen-bond acceptors (Lipinski definition) is 10. The second-order valence-electron chi connectivity index (χ2n) is 7.83. The quantitative estimate of drug-likeness (QED) is 0.280. The summed E-state index contributed by atoms with van der Waals surface area (Å²) in [5.41, 5.74) is 1.83. The number of anilines is 2. The molecule has 0 aliphatic carbocycles. The molecule has 0 saturated carbocycles. The highest BCUT2D eigenvalue weighted by Crippen LogP contribution is 2.43. The molecule has 198 valence electrons. The maximum absolute atomic E-state index is 13.2. The van der Waals surface area contributed by atoms with Gasteiger partial charge in [0.1, 0.15) is 0 Å². The minimum atomic E-state index is -0.881. The van der Waals surface area contributed by atoms with E-state index in [-0.39, 0.29) is 41.0 Å². The summed E-state index contributed by atoms with van der Waals surface area (Å²) in [6.07, 6.45) is 3.17. The molecule has 1 aliphatic rings. The van der Waals surface area contributed by atoms with Gasteiger partial charge in [-0.2, -0.15) is 0 Å². The van der Waals surface area contributed by atoms with Crippen LogP contribution in [0.5, 0.6) is 0 Å². The predicted octanol–water partition coefficient (Wildman–Crippen LogP) is 3.90. The van der Waals surface area contributed by atoms with Crippen molar-refractivity contribution in [3.63, 3.8) is 0 Å². The van der Waals surface area contributed by atoms with Crippen molar-refractivity contribution in [2.24, 2.45) is 0 Å². The number of carbonyl (C=O) groups is 2. The van der Waals surface area contributed by atoms with Gasteiger partial charge in [-0.3, -0.25) is 0 Å². The van der Waals surface area contributed by atoms with Gasteiger partial charge in [0.2, 0.25) is 0 Å². The number of hydrogen-bond donors (Lipinski definition) is 3. The molecule has 0 fully saturated rings. The van der Waals surface area contributed by atoms with Gasteiger partial charge in [0.05, 0.1) is 59.7 Å². The smallest absolute Gasteiger partial charge is 0.336 e. The lowest BCUT2D eigenvalue weighted by atomic mass is 9.80. The minimum absolute atomic E-state index is 0.0374. The lowest BCUT2D eigenvalue weighted by Crippen LogP contribution is -2.35. The molecule has 10 nitrogen and oxygen atoms in total. The van der Waals surface area contributed by atoms with Crippen LogP contribution in [0.4, 0.5) is 11.6 Å². The number of dihydropyridines is 1. The number of halogens is 2. The fourth-order valence-electron chi connectivity index (χ4n) is 3.96. The van der Waals surface area contributed by atoms with Crippen LogP contribution in [0, 0.1) is 0 Å². The molecule has 12 heteroatoms. The molecule has 2 aromatic rings. The fraction of sp³-hybridized carbons (Fsp3) is 0.360. The number of nitrogens with zero attached hydrogens (tertiary/aromatic N) is 2. The van der Waals surface area contributed by atoms with E-state index in [4.69, 9.17) is 37.4 Å². The second kappa shape index (κ2) is 13.3. The van der Waals surface area contributed by atoms with Crippen molar-refractivity contribution in [2.45, 2.75) is 19.8 Å². The van der Waals surface area contributed by atoms with E-state index in [2.05, 4.69) is 25.9 Å². The monoisotopic (exact) mass is 549 g/mol. The number of nitrogens with one attached hydrogen (secondary N) is 3. The molecule has 0 amide bonds. The Kier molecular flexibility index (Phi) is 10.1.